The maximum Gasteiger partial charge on any atom is 0.253 e. The molecule has 4 heteroatoms. The van der Waals surface area contributed by atoms with Crippen molar-refractivity contribution in [2.24, 2.45) is 0 Å². The average molecular weight is 295 g/mol. The summed E-state index contributed by atoms with van der Waals surface area (Å²) in [5.74, 6) is 0.133. The number of hydrogen-bond donors (Lipinski definition) is 1. The molecule has 1 atom stereocenters. The summed E-state index contributed by atoms with van der Waals surface area (Å²) in [7, 11) is 0. The van der Waals surface area contributed by atoms with Crippen LogP contribution in [0.2, 0.25) is 0 Å². The molecule has 1 aliphatic heterocycles. The Morgan fingerprint density at radius 3 is 2.86 bits per heavy atom. The maximum absolute atomic E-state index is 12.5. The zero-order valence-electron chi connectivity index (χ0n) is 12.6. The van der Waals surface area contributed by atoms with Crippen molar-refractivity contribution in [1.82, 2.24) is 15.2 Å². The smallest absolute Gasteiger partial charge is 0.253 e. The first kappa shape index (κ1) is 14.7. The van der Waals surface area contributed by atoms with Gasteiger partial charge in [-0.05, 0) is 36.6 Å². The Hall–Kier alpha value is -2.20. The molecule has 3 rings (SSSR count). The maximum atomic E-state index is 12.5. The molecule has 2 heterocycles. The topological polar surface area (TPSA) is 45.2 Å². The molecule has 0 radical (unpaired) electrons. The lowest BCUT2D eigenvalue weighted by Gasteiger charge is -2.33. The van der Waals surface area contributed by atoms with Crippen LogP contribution in [0, 0.1) is 0 Å². The SMILES string of the molecule is O=C(c1ccccc1)N1CCC[C@@H](NCc2cccnc2)C1. The van der Waals surface area contributed by atoms with Gasteiger partial charge in [0.25, 0.3) is 5.91 Å². The number of aromatic nitrogens is 1. The van der Waals surface area contributed by atoms with Crippen molar-refractivity contribution >= 4 is 5.91 Å². The molecule has 1 saturated heterocycles. The van der Waals surface area contributed by atoms with Gasteiger partial charge in [-0.2, -0.15) is 0 Å². The summed E-state index contributed by atoms with van der Waals surface area (Å²) >= 11 is 0. The van der Waals surface area contributed by atoms with Gasteiger partial charge in [0.15, 0.2) is 0 Å². The predicted molar refractivity (Wildman–Crippen MR) is 86.4 cm³/mol. The van der Waals surface area contributed by atoms with Gasteiger partial charge in [-0.3, -0.25) is 9.78 Å². The number of nitrogens with one attached hydrogen (secondary N) is 1. The number of rotatable bonds is 4. The van der Waals surface area contributed by atoms with E-state index in [4.69, 9.17) is 0 Å². The van der Waals surface area contributed by atoms with E-state index < -0.39 is 0 Å². The summed E-state index contributed by atoms with van der Waals surface area (Å²) < 4.78 is 0. The van der Waals surface area contributed by atoms with E-state index in [1.807, 2.05) is 47.5 Å². The molecule has 1 aromatic heterocycles. The van der Waals surface area contributed by atoms with Crippen LogP contribution in [-0.2, 0) is 6.54 Å². The van der Waals surface area contributed by atoms with Crippen LogP contribution < -0.4 is 5.32 Å². The number of carbonyl (C=O) groups is 1. The van der Waals surface area contributed by atoms with Crippen LogP contribution in [0.15, 0.2) is 54.9 Å². The van der Waals surface area contributed by atoms with Gasteiger partial charge >= 0.3 is 0 Å². The lowest BCUT2D eigenvalue weighted by molar-refractivity contribution is 0.0694. The normalized spacial score (nSPS) is 18.2. The van der Waals surface area contributed by atoms with Crippen molar-refractivity contribution in [3.05, 3.63) is 66.0 Å². The third kappa shape index (κ3) is 3.71. The highest BCUT2D eigenvalue weighted by molar-refractivity contribution is 5.94. The monoisotopic (exact) mass is 295 g/mol. The summed E-state index contributed by atoms with van der Waals surface area (Å²) in [5.41, 5.74) is 1.95. The number of amides is 1. The second-order valence-corrected chi connectivity index (χ2v) is 5.70. The molecule has 114 valence electrons. The Bertz CT molecular complexity index is 600. The van der Waals surface area contributed by atoms with Crippen LogP contribution in [0.25, 0.3) is 0 Å². The summed E-state index contributed by atoms with van der Waals surface area (Å²) in [6.07, 6.45) is 5.81. The molecule has 1 fully saturated rings. The molecule has 1 amide bonds. The molecule has 2 aromatic rings. The molecule has 0 aliphatic carbocycles. The Balaban J connectivity index is 1.56. The molecule has 0 spiro atoms. The Morgan fingerprint density at radius 2 is 2.09 bits per heavy atom. The average Bonchev–Trinajstić information content (AvgIpc) is 2.61. The van der Waals surface area contributed by atoms with E-state index in [1.165, 1.54) is 5.56 Å². The minimum atomic E-state index is 0.133. The van der Waals surface area contributed by atoms with Crippen molar-refractivity contribution < 1.29 is 4.79 Å². The fourth-order valence-electron chi connectivity index (χ4n) is 2.86. The predicted octanol–water partition coefficient (Wildman–Crippen LogP) is 2.48. The highest BCUT2D eigenvalue weighted by Crippen LogP contribution is 2.14. The van der Waals surface area contributed by atoms with E-state index in [1.54, 1.807) is 6.20 Å². The Labute approximate surface area is 131 Å². The highest BCUT2D eigenvalue weighted by atomic mass is 16.2. The number of likely N-dealkylation sites (tertiary alicyclic amines) is 1. The van der Waals surface area contributed by atoms with Crippen molar-refractivity contribution in [2.75, 3.05) is 13.1 Å². The minimum Gasteiger partial charge on any atom is -0.337 e. The minimum absolute atomic E-state index is 0.133. The van der Waals surface area contributed by atoms with Gasteiger partial charge in [0.1, 0.15) is 0 Å². The first-order valence-electron chi connectivity index (χ1n) is 7.79. The van der Waals surface area contributed by atoms with Crippen LogP contribution >= 0.6 is 0 Å². The molecule has 1 N–H and O–H groups in total. The van der Waals surface area contributed by atoms with Crippen molar-refractivity contribution in [1.29, 1.82) is 0 Å². The Kier molecular flexibility index (Phi) is 4.81. The van der Waals surface area contributed by atoms with Gasteiger partial charge in [-0.15, -0.1) is 0 Å². The summed E-state index contributed by atoms with van der Waals surface area (Å²) in [5, 5.41) is 3.54. The van der Waals surface area contributed by atoms with Crippen LogP contribution in [0.5, 0.6) is 0 Å². The van der Waals surface area contributed by atoms with Gasteiger partial charge in [-0.1, -0.05) is 24.3 Å². The first-order valence-corrected chi connectivity index (χ1v) is 7.79. The largest absolute Gasteiger partial charge is 0.337 e. The van der Waals surface area contributed by atoms with E-state index in [9.17, 15) is 4.79 Å². The van der Waals surface area contributed by atoms with E-state index in [-0.39, 0.29) is 5.91 Å². The van der Waals surface area contributed by atoms with Gasteiger partial charge in [0.05, 0.1) is 0 Å². The summed E-state index contributed by atoms with van der Waals surface area (Å²) in [6.45, 7) is 2.42. The van der Waals surface area contributed by atoms with Crippen LogP contribution in [0.3, 0.4) is 0 Å². The Morgan fingerprint density at radius 1 is 1.23 bits per heavy atom. The van der Waals surface area contributed by atoms with Crippen LogP contribution in [0.1, 0.15) is 28.8 Å². The fraction of sp³-hybridized carbons (Fsp3) is 0.333. The van der Waals surface area contributed by atoms with Gasteiger partial charge in [0.2, 0.25) is 0 Å². The number of carbonyl (C=O) groups excluding carboxylic acids is 1. The standard InChI is InChI=1S/C18H21N3O/c22-18(16-7-2-1-3-8-16)21-11-5-9-17(14-21)20-13-15-6-4-10-19-12-15/h1-4,6-8,10,12,17,20H,5,9,11,13-14H2/t17-/m1/s1. The molecular weight excluding hydrogens is 274 g/mol. The quantitative estimate of drug-likeness (QED) is 0.942. The number of piperidine rings is 1. The molecule has 4 nitrogen and oxygen atoms in total. The molecule has 1 aliphatic rings. The number of pyridine rings is 1. The molecule has 1 aromatic carbocycles. The van der Waals surface area contributed by atoms with E-state index in [0.717, 1.165) is 38.0 Å². The van der Waals surface area contributed by atoms with Gasteiger partial charge < -0.3 is 10.2 Å². The lowest BCUT2D eigenvalue weighted by Crippen LogP contribution is -2.47. The fourth-order valence-corrected chi connectivity index (χ4v) is 2.86. The van der Waals surface area contributed by atoms with E-state index >= 15 is 0 Å². The van der Waals surface area contributed by atoms with Crippen molar-refractivity contribution in [3.8, 4) is 0 Å². The number of hydrogen-bond acceptors (Lipinski definition) is 3. The van der Waals surface area contributed by atoms with Gasteiger partial charge in [0, 0.05) is 43.6 Å². The van der Waals surface area contributed by atoms with Gasteiger partial charge in [-0.25, -0.2) is 0 Å². The van der Waals surface area contributed by atoms with Crippen molar-refractivity contribution in [3.63, 3.8) is 0 Å². The van der Waals surface area contributed by atoms with Crippen LogP contribution in [0.4, 0.5) is 0 Å². The lowest BCUT2D eigenvalue weighted by atomic mass is 10.0. The molecule has 22 heavy (non-hydrogen) atoms. The third-order valence-electron chi connectivity index (χ3n) is 4.05. The second kappa shape index (κ2) is 7.18. The molecule has 0 unspecified atom stereocenters. The third-order valence-corrected chi connectivity index (χ3v) is 4.05. The van der Waals surface area contributed by atoms with E-state index in [0.29, 0.717) is 6.04 Å². The molecule has 0 bridgehead atoms. The van der Waals surface area contributed by atoms with E-state index in [2.05, 4.69) is 16.4 Å². The second-order valence-electron chi connectivity index (χ2n) is 5.70. The summed E-state index contributed by atoms with van der Waals surface area (Å²) in [6, 6.07) is 13.9. The number of nitrogens with zero attached hydrogens (tertiary/aromatic N) is 2. The molecule has 0 saturated carbocycles. The zero-order valence-corrected chi connectivity index (χ0v) is 12.6. The summed E-state index contributed by atoms with van der Waals surface area (Å²) in [4.78, 5) is 18.6. The van der Waals surface area contributed by atoms with Crippen LogP contribution in [-0.4, -0.2) is 34.9 Å². The zero-order chi connectivity index (χ0) is 15.2. The highest BCUT2D eigenvalue weighted by Gasteiger charge is 2.23. The molecular formula is C18H21N3O. The first-order chi connectivity index (χ1) is 10.8. The number of benzene rings is 1. The van der Waals surface area contributed by atoms with Crippen molar-refractivity contribution in [2.45, 2.75) is 25.4 Å².